The molecule has 1 heterocycles. The van der Waals surface area contributed by atoms with Gasteiger partial charge in [0.1, 0.15) is 0 Å². The first kappa shape index (κ1) is 11.9. The van der Waals surface area contributed by atoms with Crippen LogP contribution in [0.25, 0.3) is 0 Å². The van der Waals surface area contributed by atoms with Crippen molar-refractivity contribution >= 4 is 17.7 Å². The number of hydrogen-bond donors (Lipinski definition) is 1. The van der Waals surface area contributed by atoms with Crippen molar-refractivity contribution in [3.63, 3.8) is 0 Å². The molecule has 0 unspecified atom stereocenters. The highest BCUT2D eigenvalue weighted by Crippen LogP contribution is 2.05. The molecule has 1 N–H and O–H groups in total. The number of carbonyl (C=O) groups is 1. The maximum Gasteiger partial charge on any atom is 0.232 e. The number of nitrogens with one attached hydrogen (secondary N) is 1. The third-order valence-electron chi connectivity index (χ3n) is 2.27. The Morgan fingerprint density at radius 3 is 3.07 bits per heavy atom. The summed E-state index contributed by atoms with van der Waals surface area (Å²) in [5.74, 6) is 2.07. The predicted molar refractivity (Wildman–Crippen MR) is 61.7 cm³/mol. The van der Waals surface area contributed by atoms with Gasteiger partial charge in [0.25, 0.3) is 0 Å². The number of thioether (sulfide) groups is 1. The van der Waals surface area contributed by atoms with Crippen LogP contribution < -0.4 is 5.32 Å². The lowest BCUT2D eigenvalue weighted by atomic mass is 10.4. The van der Waals surface area contributed by atoms with E-state index in [4.69, 9.17) is 0 Å². The average Bonchev–Trinajstić information content (AvgIpc) is 2.46. The van der Waals surface area contributed by atoms with Crippen molar-refractivity contribution in [1.82, 2.24) is 10.2 Å². The summed E-state index contributed by atoms with van der Waals surface area (Å²) in [5, 5.41) is 3.30. The molecule has 82 valence electrons. The normalized spacial score (nSPS) is 17.9. The second-order valence-electron chi connectivity index (χ2n) is 3.54. The fraction of sp³-hybridized carbons (Fsp3) is 0.900. The zero-order chi connectivity index (χ0) is 10.2. The zero-order valence-electron chi connectivity index (χ0n) is 8.92. The van der Waals surface area contributed by atoms with Crippen LogP contribution in [0, 0.1) is 0 Å². The molecule has 1 aliphatic rings. The van der Waals surface area contributed by atoms with E-state index in [1.807, 2.05) is 4.90 Å². The lowest BCUT2D eigenvalue weighted by Gasteiger charge is -2.19. The summed E-state index contributed by atoms with van der Waals surface area (Å²) >= 11 is 1.75. The minimum Gasteiger partial charge on any atom is -0.341 e. The van der Waals surface area contributed by atoms with Crippen LogP contribution in [0.5, 0.6) is 0 Å². The summed E-state index contributed by atoms with van der Waals surface area (Å²) in [7, 11) is 0. The lowest BCUT2D eigenvalue weighted by Crippen LogP contribution is -2.35. The summed E-state index contributed by atoms with van der Waals surface area (Å²) in [6, 6.07) is 0. The van der Waals surface area contributed by atoms with Crippen molar-refractivity contribution in [2.45, 2.75) is 19.8 Å². The molecule has 1 saturated heterocycles. The fourth-order valence-electron chi connectivity index (χ4n) is 1.49. The Balaban J connectivity index is 2.20. The molecule has 1 amide bonds. The Hall–Kier alpha value is -0.220. The van der Waals surface area contributed by atoms with Crippen LogP contribution >= 0.6 is 11.8 Å². The molecule has 1 fully saturated rings. The van der Waals surface area contributed by atoms with Crippen LogP contribution in [0.3, 0.4) is 0 Å². The number of nitrogens with zero attached hydrogens (tertiary/aromatic N) is 1. The summed E-state index contributed by atoms with van der Waals surface area (Å²) in [6.07, 6.45) is 2.24. The molecule has 0 aromatic carbocycles. The summed E-state index contributed by atoms with van der Waals surface area (Å²) < 4.78 is 0. The summed E-state index contributed by atoms with van der Waals surface area (Å²) in [6.45, 7) is 5.95. The van der Waals surface area contributed by atoms with Crippen molar-refractivity contribution < 1.29 is 4.79 Å². The molecule has 0 aromatic rings. The van der Waals surface area contributed by atoms with Crippen molar-refractivity contribution in [3.05, 3.63) is 0 Å². The molecule has 0 bridgehead atoms. The minimum atomic E-state index is 0.312. The van der Waals surface area contributed by atoms with Gasteiger partial charge in [-0.15, -0.1) is 0 Å². The monoisotopic (exact) mass is 216 g/mol. The lowest BCUT2D eigenvalue weighted by molar-refractivity contribution is -0.128. The van der Waals surface area contributed by atoms with Crippen LogP contribution in [0.1, 0.15) is 19.8 Å². The van der Waals surface area contributed by atoms with Crippen LogP contribution in [-0.4, -0.2) is 48.5 Å². The number of carbonyl (C=O) groups excluding carboxylic acids is 1. The molecular weight excluding hydrogens is 196 g/mol. The summed E-state index contributed by atoms with van der Waals surface area (Å²) in [4.78, 5) is 13.7. The molecule has 0 aromatic heterocycles. The van der Waals surface area contributed by atoms with E-state index in [-0.39, 0.29) is 0 Å². The zero-order valence-corrected chi connectivity index (χ0v) is 9.74. The first-order valence-corrected chi connectivity index (χ1v) is 6.56. The maximum absolute atomic E-state index is 11.7. The van der Waals surface area contributed by atoms with Crippen LogP contribution in [0.2, 0.25) is 0 Å². The van der Waals surface area contributed by atoms with E-state index in [1.165, 1.54) is 0 Å². The van der Waals surface area contributed by atoms with Gasteiger partial charge in [-0.05, 0) is 25.1 Å². The number of amides is 1. The SMILES string of the molecule is CCCSCC(=O)N1CCCNCC1. The Kier molecular flexibility index (Phi) is 6.03. The van der Waals surface area contributed by atoms with E-state index in [0.29, 0.717) is 11.7 Å². The van der Waals surface area contributed by atoms with Crippen LogP contribution in [0.4, 0.5) is 0 Å². The van der Waals surface area contributed by atoms with Gasteiger partial charge in [-0.2, -0.15) is 11.8 Å². The van der Waals surface area contributed by atoms with Gasteiger partial charge in [0.15, 0.2) is 0 Å². The molecule has 0 saturated carbocycles. The van der Waals surface area contributed by atoms with Gasteiger partial charge < -0.3 is 10.2 Å². The molecule has 14 heavy (non-hydrogen) atoms. The highest BCUT2D eigenvalue weighted by atomic mass is 32.2. The standard InChI is InChI=1S/C10H20N2OS/c1-2-8-14-9-10(13)12-6-3-4-11-5-7-12/h11H,2-9H2,1H3. The fourth-order valence-corrected chi connectivity index (χ4v) is 2.28. The third-order valence-corrected chi connectivity index (χ3v) is 3.41. The molecule has 0 atom stereocenters. The second-order valence-corrected chi connectivity index (χ2v) is 4.64. The smallest absolute Gasteiger partial charge is 0.232 e. The molecule has 3 nitrogen and oxygen atoms in total. The van der Waals surface area contributed by atoms with Gasteiger partial charge in [-0.3, -0.25) is 4.79 Å². The Labute approximate surface area is 90.6 Å². The quantitative estimate of drug-likeness (QED) is 0.710. The van der Waals surface area contributed by atoms with E-state index in [1.54, 1.807) is 11.8 Å². The summed E-state index contributed by atoms with van der Waals surface area (Å²) in [5.41, 5.74) is 0. The molecule has 1 aliphatic heterocycles. The maximum atomic E-state index is 11.7. The Morgan fingerprint density at radius 1 is 1.43 bits per heavy atom. The van der Waals surface area contributed by atoms with Crippen molar-refractivity contribution in [3.8, 4) is 0 Å². The molecule has 1 rings (SSSR count). The topological polar surface area (TPSA) is 32.3 Å². The van der Waals surface area contributed by atoms with Crippen LogP contribution in [-0.2, 0) is 4.79 Å². The Morgan fingerprint density at radius 2 is 2.29 bits per heavy atom. The van der Waals surface area contributed by atoms with Crippen molar-refractivity contribution in [1.29, 1.82) is 0 Å². The van der Waals surface area contributed by atoms with E-state index < -0.39 is 0 Å². The number of rotatable bonds is 4. The Bertz CT molecular complexity index is 168. The van der Waals surface area contributed by atoms with Gasteiger partial charge in [-0.1, -0.05) is 6.92 Å². The van der Waals surface area contributed by atoms with Gasteiger partial charge in [0.2, 0.25) is 5.91 Å². The molecule has 0 radical (unpaired) electrons. The molecular formula is C10H20N2OS. The third kappa shape index (κ3) is 4.33. The van der Waals surface area contributed by atoms with Crippen molar-refractivity contribution in [2.75, 3.05) is 37.7 Å². The molecule has 4 heteroatoms. The largest absolute Gasteiger partial charge is 0.341 e. The van der Waals surface area contributed by atoms with E-state index in [2.05, 4.69) is 12.2 Å². The minimum absolute atomic E-state index is 0.312. The first-order valence-electron chi connectivity index (χ1n) is 5.41. The van der Waals surface area contributed by atoms with Gasteiger partial charge in [-0.25, -0.2) is 0 Å². The van der Waals surface area contributed by atoms with Gasteiger partial charge in [0, 0.05) is 19.6 Å². The predicted octanol–water partition coefficient (Wildman–Crippen LogP) is 0.952. The highest BCUT2D eigenvalue weighted by Gasteiger charge is 2.14. The first-order chi connectivity index (χ1) is 6.84. The van der Waals surface area contributed by atoms with E-state index >= 15 is 0 Å². The number of hydrogen-bond acceptors (Lipinski definition) is 3. The van der Waals surface area contributed by atoms with Crippen LogP contribution in [0.15, 0.2) is 0 Å². The van der Waals surface area contributed by atoms with E-state index in [9.17, 15) is 4.79 Å². The highest BCUT2D eigenvalue weighted by molar-refractivity contribution is 7.99. The van der Waals surface area contributed by atoms with Gasteiger partial charge in [0.05, 0.1) is 5.75 Å². The van der Waals surface area contributed by atoms with Crippen molar-refractivity contribution in [2.24, 2.45) is 0 Å². The van der Waals surface area contributed by atoms with E-state index in [0.717, 1.165) is 44.8 Å². The molecule has 0 spiro atoms. The second kappa shape index (κ2) is 7.12. The average molecular weight is 216 g/mol. The van der Waals surface area contributed by atoms with Gasteiger partial charge >= 0.3 is 0 Å². The molecule has 0 aliphatic carbocycles.